The number of ether oxygens (including phenoxy) is 2. The first kappa shape index (κ1) is 16.9. The molecule has 114 valence electrons. The first-order chi connectivity index (χ1) is 8.91. The SMILES string of the molecule is CC(C)CC(C)OCC(O)CNC1(C)CCOCC1. The summed E-state index contributed by atoms with van der Waals surface area (Å²) in [5.74, 6) is 0.631. The first-order valence-electron chi connectivity index (χ1n) is 7.54. The number of hydrogen-bond acceptors (Lipinski definition) is 4. The van der Waals surface area contributed by atoms with Crippen LogP contribution < -0.4 is 5.32 Å². The van der Waals surface area contributed by atoms with Crippen LogP contribution in [0.15, 0.2) is 0 Å². The fourth-order valence-electron chi connectivity index (χ4n) is 2.43. The topological polar surface area (TPSA) is 50.7 Å². The predicted molar refractivity (Wildman–Crippen MR) is 77.3 cm³/mol. The summed E-state index contributed by atoms with van der Waals surface area (Å²) in [6.45, 7) is 11.2. The average Bonchev–Trinajstić information content (AvgIpc) is 2.34. The van der Waals surface area contributed by atoms with Gasteiger partial charge in [0.15, 0.2) is 0 Å². The van der Waals surface area contributed by atoms with Crippen molar-refractivity contribution in [3.63, 3.8) is 0 Å². The zero-order valence-electron chi connectivity index (χ0n) is 12.9. The third kappa shape index (κ3) is 7.25. The molecule has 0 radical (unpaired) electrons. The standard InChI is InChI=1S/C15H31NO3/c1-12(2)9-13(3)19-11-14(17)10-16-15(4)5-7-18-8-6-15/h12-14,16-17H,5-11H2,1-4H3. The number of nitrogens with one attached hydrogen (secondary N) is 1. The van der Waals surface area contributed by atoms with E-state index in [-0.39, 0.29) is 11.6 Å². The molecule has 19 heavy (non-hydrogen) atoms. The van der Waals surface area contributed by atoms with Gasteiger partial charge in [-0.2, -0.15) is 0 Å². The van der Waals surface area contributed by atoms with Crippen LogP contribution in [0, 0.1) is 5.92 Å². The van der Waals surface area contributed by atoms with E-state index in [4.69, 9.17) is 9.47 Å². The Hall–Kier alpha value is -0.160. The van der Waals surface area contributed by atoms with Crippen molar-refractivity contribution in [2.75, 3.05) is 26.4 Å². The van der Waals surface area contributed by atoms with Crippen LogP contribution >= 0.6 is 0 Å². The molecule has 1 saturated heterocycles. The van der Waals surface area contributed by atoms with Crippen molar-refractivity contribution >= 4 is 0 Å². The summed E-state index contributed by atoms with van der Waals surface area (Å²) in [5.41, 5.74) is 0.1000. The van der Waals surface area contributed by atoms with Gasteiger partial charge in [0.1, 0.15) is 0 Å². The molecule has 0 spiro atoms. The molecule has 0 aromatic rings. The molecule has 0 aromatic carbocycles. The van der Waals surface area contributed by atoms with E-state index in [0.29, 0.717) is 19.1 Å². The number of hydrogen-bond donors (Lipinski definition) is 2. The van der Waals surface area contributed by atoms with E-state index in [1.54, 1.807) is 0 Å². The number of aliphatic hydroxyl groups is 1. The smallest absolute Gasteiger partial charge is 0.0898 e. The molecule has 1 rings (SSSR count). The molecule has 1 fully saturated rings. The van der Waals surface area contributed by atoms with E-state index in [1.165, 1.54) is 0 Å². The minimum Gasteiger partial charge on any atom is -0.389 e. The molecule has 1 aliphatic heterocycles. The van der Waals surface area contributed by atoms with E-state index in [2.05, 4.69) is 33.0 Å². The summed E-state index contributed by atoms with van der Waals surface area (Å²) >= 11 is 0. The molecule has 0 saturated carbocycles. The van der Waals surface area contributed by atoms with Gasteiger partial charge in [0.2, 0.25) is 0 Å². The molecular formula is C15H31NO3. The fraction of sp³-hybridized carbons (Fsp3) is 1.00. The quantitative estimate of drug-likeness (QED) is 0.710. The van der Waals surface area contributed by atoms with Crippen molar-refractivity contribution in [2.24, 2.45) is 5.92 Å². The second kappa shape index (κ2) is 8.20. The van der Waals surface area contributed by atoms with Gasteiger partial charge in [0.25, 0.3) is 0 Å². The van der Waals surface area contributed by atoms with Crippen LogP contribution in [-0.2, 0) is 9.47 Å². The van der Waals surface area contributed by atoms with Gasteiger partial charge in [-0.15, -0.1) is 0 Å². The van der Waals surface area contributed by atoms with Gasteiger partial charge >= 0.3 is 0 Å². The van der Waals surface area contributed by atoms with Crippen LogP contribution in [-0.4, -0.2) is 49.2 Å². The summed E-state index contributed by atoms with van der Waals surface area (Å²) in [6, 6.07) is 0. The van der Waals surface area contributed by atoms with Crippen molar-refractivity contribution < 1.29 is 14.6 Å². The minimum atomic E-state index is -0.436. The number of aliphatic hydroxyl groups excluding tert-OH is 1. The van der Waals surface area contributed by atoms with Gasteiger partial charge in [0, 0.05) is 25.3 Å². The van der Waals surface area contributed by atoms with E-state index in [0.717, 1.165) is 32.5 Å². The Morgan fingerprint density at radius 1 is 1.26 bits per heavy atom. The Bertz CT molecular complexity index is 240. The lowest BCUT2D eigenvalue weighted by atomic mass is 9.92. The van der Waals surface area contributed by atoms with Crippen LogP contribution in [0.25, 0.3) is 0 Å². The predicted octanol–water partition coefficient (Wildman–Crippen LogP) is 1.96. The molecule has 2 atom stereocenters. The van der Waals surface area contributed by atoms with Gasteiger partial charge in [-0.1, -0.05) is 13.8 Å². The van der Waals surface area contributed by atoms with E-state index in [1.807, 2.05) is 0 Å². The summed E-state index contributed by atoms with van der Waals surface area (Å²) in [5, 5.41) is 13.4. The Morgan fingerprint density at radius 2 is 1.89 bits per heavy atom. The highest BCUT2D eigenvalue weighted by Gasteiger charge is 2.27. The molecule has 0 bridgehead atoms. The molecule has 4 nitrogen and oxygen atoms in total. The van der Waals surface area contributed by atoms with Crippen LogP contribution in [0.5, 0.6) is 0 Å². The van der Waals surface area contributed by atoms with Crippen molar-refractivity contribution in [2.45, 2.75) is 64.7 Å². The van der Waals surface area contributed by atoms with E-state index < -0.39 is 6.10 Å². The maximum absolute atomic E-state index is 9.96. The second-order valence-electron chi connectivity index (χ2n) is 6.48. The van der Waals surface area contributed by atoms with Crippen LogP contribution in [0.1, 0.15) is 47.0 Å². The van der Waals surface area contributed by atoms with Gasteiger partial charge in [-0.25, -0.2) is 0 Å². The molecule has 0 aliphatic carbocycles. The molecule has 2 unspecified atom stereocenters. The third-order valence-electron chi connectivity index (χ3n) is 3.74. The van der Waals surface area contributed by atoms with Gasteiger partial charge < -0.3 is 19.9 Å². The van der Waals surface area contributed by atoms with Gasteiger partial charge in [-0.05, 0) is 39.0 Å². The molecule has 0 amide bonds. The van der Waals surface area contributed by atoms with Crippen molar-refractivity contribution in [3.8, 4) is 0 Å². The highest BCUT2D eigenvalue weighted by atomic mass is 16.5. The Balaban J connectivity index is 2.15. The van der Waals surface area contributed by atoms with Crippen LogP contribution in [0.3, 0.4) is 0 Å². The molecule has 1 heterocycles. The number of β-amino-alcohol motifs (C(OH)–C–C–N with tert-alkyl or cyclic N) is 1. The average molecular weight is 273 g/mol. The first-order valence-corrected chi connectivity index (χ1v) is 7.54. The normalized spacial score (nSPS) is 22.4. The van der Waals surface area contributed by atoms with Crippen molar-refractivity contribution in [3.05, 3.63) is 0 Å². The van der Waals surface area contributed by atoms with Crippen molar-refractivity contribution in [1.82, 2.24) is 5.32 Å². The molecule has 2 N–H and O–H groups in total. The van der Waals surface area contributed by atoms with Gasteiger partial charge in [-0.3, -0.25) is 0 Å². The third-order valence-corrected chi connectivity index (χ3v) is 3.74. The lowest BCUT2D eigenvalue weighted by Crippen LogP contribution is -2.50. The highest BCUT2D eigenvalue weighted by molar-refractivity contribution is 4.86. The molecule has 4 heteroatoms. The second-order valence-corrected chi connectivity index (χ2v) is 6.48. The maximum Gasteiger partial charge on any atom is 0.0898 e. The highest BCUT2D eigenvalue weighted by Crippen LogP contribution is 2.19. The minimum absolute atomic E-state index is 0.1000. The van der Waals surface area contributed by atoms with Crippen LogP contribution in [0.2, 0.25) is 0 Å². The molecule has 0 aromatic heterocycles. The lowest BCUT2D eigenvalue weighted by molar-refractivity contribution is -0.0154. The van der Waals surface area contributed by atoms with Crippen LogP contribution in [0.4, 0.5) is 0 Å². The summed E-state index contributed by atoms with van der Waals surface area (Å²) in [4.78, 5) is 0. The lowest BCUT2D eigenvalue weighted by Gasteiger charge is -2.35. The van der Waals surface area contributed by atoms with Crippen molar-refractivity contribution in [1.29, 1.82) is 0 Å². The molecule has 1 aliphatic rings. The zero-order chi connectivity index (χ0) is 14.3. The Labute approximate surface area is 117 Å². The number of rotatable bonds is 8. The monoisotopic (exact) mass is 273 g/mol. The zero-order valence-corrected chi connectivity index (χ0v) is 12.9. The molecular weight excluding hydrogens is 242 g/mol. The Kier molecular flexibility index (Phi) is 7.29. The summed E-state index contributed by atoms with van der Waals surface area (Å²) in [7, 11) is 0. The maximum atomic E-state index is 9.96. The summed E-state index contributed by atoms with van der Waals surface area (Å²) in [6.07, 6.45) is 2.83. The van der Waals surface area contributed by atoms with E-state index in [9.17, 15) is 5.11 Å². The fourth-order valence-corrected chi connectivity index (χ4v) is 2.43. The largest absolute Gasteiger partial charge is 0.389 e. The van der Waals surface area contributed by atoms with E-state index >= 15 is 0 Å². The van der Waals surface area contributed by atoms with Gasteiger partial charge in [0.05, 0.1) is 18.8 Å². The summed E-state index contributed by atoms with van der Waals surface area (Å²) < 4.78 is 11.0. The Morgan fingerprint density at radius 3 is 2.47 bits per heavy atom.